The van der Waals surface area contributed by atoms with Crippen LogP contribution in [0.4, 0.5) is 0 Å². The number of rotatable bonds is 7. The summed E-state index contributed by atoms with van der Waals surface area (Å²) in [7, 11) is -1.01. The monoisotopic (exact) mass is 343 g/mol. The van der Waals surface area contributed by atoms with E-state index in [1.54, 1.807) is 0 Å². The predicted molar refractivity (Wildman–Crippen MR) is 80.4 cm³/mol. The first-order valence-corrected chi connectivity index (χ1v) is 8.67. The molecule has 0 saturated heterocycles. The van der Waals surface area contributed by atoms with E-state index in [1.807, 2.05) is 24.3 Å². The van der Waals surface area contributed by atoms with E-state index in [9.17, 15) is 9.00 Å². The lowest BCUT2D eigenvalue weighted by molar-refractivity contribution is -0.121. The first-order valence-electron chi connectivity index (χ1n) is 6.56. The maximum absolute atomic E-state index is 12.0. The van der Waals surface area contributed by atoms with E-state index in [2.05, 4.69) is 21.2 Å². The van der Waals surface area contributed by atoms with E-state index in [4.69, 9.17) is 0 Å². The molecule has 1 aliphatic carbocycles. The van der Waals surface area contributed by atoms with Gasteiger partial charge in [-0.2, -0.15) is 0 Å². The number of benzene rings is 1. The molecule has 0 heterocycles. The van der Waals surface area contributed by atoms with Crippen LogP contribution in [0.2, 0.25) is 0 Å². The van der Waals surface area contributed by atoms with Gasteiger partial charge >= 0.3 is 0 Å². The molecular formula is C14H18BrNO2S. The maximum Gasteiger partial charge on any atom is 0.220 e. The molecule has 0 aliphatic heterocycles. The van der Waals surface area contributed by atoms with Gasteiger partial charge in [0.15, 0.2) is 0 Å². The molecular weight excluding hydrogens is 326 g/mol. The van der Waals surface area contributed by atoms with Gasteiger partial charge in [0, 0.05) is 28.1 Å². The minimum atomic E-state index is -1.01. The molecule has 2 rings (SSSR count). The van der Waals surface area contributed by atoms with Crippen molar-refractivity contribution in [1.29, 1.82) is 0 Å². The highest BCUT2D eigenvalue weighted by Crippen LogP contribution is 2.27. The van der Waals surface area contributed by atoms with Gasteiger partial charge in [0.2, 0.25) is 5.91 Å². The molecule has 1 aromatic rings. The van der Waals surface area contributed by atoms with Gasteiger partial charge in [-0.25, -0.2) is 0 Å². The summed E-state index contributed by atoms with van der Waals surface area (Å²) in [4.78, 5) is 12.3. The third-order valence-electron chi connectivity index (χ3n) is 3.09. The van der Waals surface area contributed by atoms with Gasteiger partial charge in [0.1, 0.15) is 0 Å². The van der Waals surface area contributed by atoms with Crippen LogP contribution in [0.3, 0.4) is 0 Å². The van der Waals surface area contributed by atoms with Gasteiger partial charge in [0.25, 0.3) is 0 Å². The summed E-state index contributed by atoms with van der Waals surface area (Å²) in [5.41, 5.74) is 0. The predicted octanol–water partition coefficient (Wildman–Crippen LogP) is 2.86. The molecule has 0 spiro atoms. The highest BCUT2D eigenvalue weighted by atomic mass is 79.9. The normalized spacial score (nSPS) is 16.1. The van der Waals surface area contributed by atoms with E-state index in [1.165, 1.54) is 12.8 Å². The molecule has 1 aromatic carbocycles. The molecule has 1 saturated carbocycles. The van der Waals surface area contributed by atoms with Gasteiger partial charge in [0.05, 0.1) is 10.8 Å². The molecule has 1 amide bonds. The SMILES string of the molecule is O=C(CCC[S@](=O)c1ccc(Br)cc1)NCC1CC1. The standard InChI is InChI=1S/C14H18BrNO2S/c15-12-5-7-13(8-6-12)19(18)9-1-2-14(17)16-10-11-3-4-11/h5-8,11H,1-4,9-10H2,(H,16,17)/t19-/m0/s1. The lowest BCUT2D eigenvalue weighted by atomic mass is 10.3. The second-order valence-corrected chi connectivity index (χ2v) is 7.34. The molecule has 0 radical (unpaired) electrons. The number of hydrogen-bond acceptors (Lipinski definition) is 2. The molecule has 1 N–H and O–H groups in total. The van der Waals surface area contributed by atoms with Crippen LogP contribution in [0.1, 0.15) is 25.7 Å². The van der Waals surface area contributed by atoms with Crippen LogP contribution in [-0.4, -0.2) is 22.4 Å². The number of nitrogens with one attached hydrogen (secondary N) is 1. The highest BCUT2D eigenvalue weighted by Gasteiger charge is 2.21. The Kier molecular flexibility index (Phi) is 5.58. The molecule has 0 bridgehead atoms. The number of amides is 1. The average molecular weight is 344 g/mol. The first kappa shape index (κ1) is 14.7. The number of hydrogen-bond donors (Lipinski definition) is 1. The number of halogens is 1. The third-order valence-corrected chi connectivity index (χ3v) is 5.08. The van der Waals surface area contributed by atoms with Crippen LogP contribution in [0, 0.1) is 5.92 Å². The van der Waals surface area contributed by atoms with E-state index in [0.29, 0.717) is 24.5 Å². The fourth-order valence-corrected chi connectivity index (χ4v) is 3.08. The molecule has 1 fully saturated rings. The van der Waals surface area contributed by atoms with E-state index in [0.717, 1.165) is 15.9 Å². The van der Waals surface area contributed by atoms with Gasteiger partial charge in [-0.05, 0) is 49.4 Å². The molecule has 0 unspecified atom stereocenters. The van der Waals surface area contributed by atoms with Crippen LogP contribution >= 0.6 is 15.9 Å². The van der Waals surface area contributed by atoms with Crippen LogP contribution < -0.4 is 5.32 Å². The Morgan fingerprint density at radius 1 is 1.32 bits per heavy atom. The quantitative estimate of drug-likeness (QED) is 0.827. The summed E-state index contributed by atoms with van der Waals surface area (Å²) in [5, 5.41) is 2.92. The van der Waals surface area contributed by atoms with Crippen molar-refractivity contribution >= 4 is 32.6 Å². The van der Waals surface area contributed by atoms with Gasteiger partial charge < -0.3 is 5.32 Å². The van der Waals surface area contributed by atoms with Crippen molar-refractivity contribution in [3.63, 3.8) is 0 Å². The Balaban J connectivity index is 1.65. The highest BCUT2D eigenvalue weighted by molar-refractivity contribution is 9.10. The van der Waals surface area contributed by atoms with Crippen molar-refractivity contribution in [1.82, 2.24) is 5.32 Å². The second-order valence-electron chi connectivity index (χ2n) is 4.85. The molecule has 104 valence electrons. The first-order chi connectivity index (χ1) is 9.15. The Hall–Kier alpha value is -0.680. The molecule has 3 nitrogen and oxygen atoms in total. The van der Waals surface area contributed by atoms with Crippen molar-refractivity contribution in [2.75, 3.05) is 12.3 Å². The number of carbonyl (C=O) groups is 1. The summed E-state index contributed by atoms with van der Waals surface area (Å²) < 4.78 is 13.0. The summed E-state index contributed by atoms with van der Waals surface area (Å²) in [6.45, 7) is 0.814. The topological polar surface area (TPSA) is 46.2 Å². The lowest BCUT2D eigenvalue weighted by Gasteiger charge is -2.04. The van der Waals surface area contributed by atoms with E-state index in [-0.39, 0.29) is 5.91 Å². The fraction of sp³-hybridized carbons (Fsp3) is 0.500. The van der Waals surface area contributed by atoms with Crippen molar-refractivity contribution < 1.29 is 9.00 Å². The Labute approximate surface area is 124 Å². The molecule has 0 aromatic heterocycles. The van der Waals surface area contributed by atoms with Crippen molar-refractivity contribution in [2.45, 2.75) is 30.6 Å². The molecule has 5 heteroatoms. The second kappa shape index (κ2) is 7.20. The molecule has 1 atom stereocenters. The molecule has 19 heavy (non-hydrogen) atoms. The van der Waals surface area contributed by atoms with Crippen molar-refractivity contribution in [3.05, 3.63) is 28.7 Å². The van der Waals surface area contributed by atoms with Crippen molar-refractivity contribution in [2.24, 2.45) is 5.92 Å². The van der Waals surface area contributed by atoms with Gasteiger partial charge in [-0.1, -0.05) is 15.9 Å². The van der Waals surface area contributed by atoms with Crippen LogP contribution in [0.5, 0.6) is 0 Å². The third kappa shape index (κ3) is 5.45. The zero-order chi connectivity index (χ0) is 13.7. The van der Waals surface area contributed by atoms with Gasteiger partial charge in [-0.15, -0.1) is 0 Å². The minimum absolute atomic E-state index is 0.0831. The maximum atomic E-state index is 12.0. The fourth-order valence-electron chi connectivity index (χ4n) is 1.74. The van der Waals surface area contributed by atoms with E-state index >= 15 is 0 Å². The summed E-state index contributed by atoms with van der Waals surface area (Å²) in [5.74, 6) is 1.33. The smallest absolute Gasteiger partial charge is 0.220 e. The minimum Gasteiger partial charge on any atom is -0.356 e. The summed E-state index contributed by atoms with van der Waals surface area (Å²) >= 11 is 3.35. The van der Waals surface area contributed by atoms with Crippen molar-refractivity contribution in [3.8, 4) is 0 Å². The van der Waals surface area contributed by atoms with Crippen LogP contribution in [0.15, 0.2) is 33.6 Å². The Morgan fingerprint density at radius 2 is 2.00 bits per heavy atom. The van der Waals surface area contributed by atoms with Crippen LogP contribution in [0.25, 0.3) is 0 Å². The van der Waals surface area contributed by atoms with Gasteiger partial charge in [-0.3, -0.25) is 9.00 Å². The zero-order valence-corrected chi connectivity index (χ0v) is 13.1. The molecule has 1 aliphatic rings. The van der Waals surface area contributed by atoms with Crippen LogP contribution in [-0.2, 0) is 15.6 Å². The lowest BCUT2D eigenvalue weighted by Crippen LogP contribution is -2.25. The van der Waals surface area contributed by atoms with E-state index < -0.39 is 10.8 Å². The average Bonchev–Trinajstić information content (AvgIpc) is 3.21. The number of carbonyl (C=O) groups excluding carboxylic acids is 1. The Morgan fingerprint density at radius 3 is 2.63 bits per heavy atom. The largest absolute Gasteiger partial charge is 0.356 e. The summed E-state index contributed by atoms with van der Waals surface area (Å²) in [6.07, 6.45) is 3.62. The Bertz CT molecular complexity index is 457. The zero-order valence-electron chi connectivity index (χ0n) is 10.7. The summed E-state index contributed by atoms with van der Waals surface area (Å²) in [6, 6.07) is 7.48.